The lowest BCUT2D eigenvalue weighted by Crippen LogP contribution is -2.51. The van der Waals surface area contributed by atoms with E-state index in [2.05, 4.69) is 22.8 Å². The molecule has 1 aromatic carbocycles. The van der Waals surface area contributed by atoms with Gasteiger partial charge in [0, 0.05) is 23.7 Å². The maximum atomic E-state index is 5.92. The van der Waals surface area contributed by atoms with Gasteiger partial charge in [-0.1, -0.05) is 30.2 Å². The predicted molar refractivity (Wildman–Crippen MR) is 94.1 cm³/mol. The van der Waals surface area contributed by atoms with Crippen LogP contribution in [0.1, 0.15) is 24.8 Å². The molecule has 0 amide bonds. The Hall–Kier alpha value is -0.320. The van der Waals surface area contributed by atoms with Gasteiger partial charge in [-0.2, -0.15) is 0 Å². The molecule has 1 heterocycles. The third kappa shape index (κ3) is 4.84. The van der Waals surface area contributed by atoms with Gasteiger partial charge in [0.15, 0.2) is 0 Å². The summed E-state index contributed by atoms with van der Waals surface area (Å²) in [5.74, 6) is 0.718. The molecule has 0 radical (unpaired) electrons. The number of morpholine rings is 1. The molecule has 3 unspecified atom stereocenters. The van der Waals surface area contributed by atoms with Gasteiger partial charge in [0.1, 0.15) is 0 Å². The summed E-state index contributed by atoms with van der Waals surface area (Å²) < 4.78 is 5.63. The van der Waals surface area contributed by atoms with E-state index in [0.29, 0.717) is 12.1 Å². The molecule has 0 spiro atoms. The second kappa shape index (κ2) is 9.09. The number of nitrogens with one attached hydrogen (secondary N) is 2. The predicted octanol–water partition coefficient (Wildman–Crippen LogP) is 3.05. The van der Waals surface area contributed by atoms with Crippen molar-refractivity contribution in [3.63, 3.8) is 0 Å². The van der Waals surface area contributed by atoms with Crippen LogP contribution in [0.15, 0.2) is 24.3 Å². The smallest absolute Gasteiger partial charge is 0.0623 e. The zero-order valence-corrected chi connectivity index (χ0v) is 14.5. The zero-order valence-electron chi connectivity index (χ0n) is 12.9. The van der Waals surface area contributed by atoms with E-state index in [-0.39, 0.29) is 12.4 Å². The van der Waals surface area contributed by atoms with E-state index in [1.54, 1.807) is 0 Å². The normalized spacial score (nSPS) is 28.3. The quantitative estimate of drug-likeness (QED) is 0.861. The van der Waals surface area contributed by atoms with E-state index in [0.717, 1.165) is 43.7 Å². The number of benzene rings is 1. The van der Waals surface area contributed by atoms with E-state index < -0.39 is 0 Å². The van der Waals surface area contributed by atoms with Gasteiger partial charge in [-0.15, -0.1) is 12.4 Å². The van der Waals surface area contributed by atoms with Gasteiger partial charge in [-0.3, -0.25) is 0 Å². The number of halogens is 2. The van der Waals surface area contributed by atoms with Crippen LogP contribution < -0.4 is 10.6 Å². The number of hydrogen-bond donors (Lipinski definition) is 2. The Morgan fingerprint density at radius 3 is 2.77 bits per heavy atom. The molecule has 2 aliphatic rings. The summed E-state index contributed by atoms with van der Waals surface area (Å²) in [6.07, 6.45) is 5.01. The van der Waals surface area contributed by atoms with Crippen molar-refractivity contribution in [1.29, 1.82) is 0 Å². The zero-order chi connectivity index (χ0) is 14.5. The first kappa shape index (κ1) is 18.0. The summed E-state index contributed by atoms with van der Waals surface area (Å²) in [6, 6.07) is 9.35. The minimum Gasteiger partial charge on any atom is -0.379 e. The fourth-order valence-corrected chi connectivity index (χ4v) is 3.76. The van der Waals surface area contributed by atoms with Crippen molar-refractivity contribution in [3.8, 4) is 0 Å². The molecule has 2 fully saturated rings. The van der Waals surface area contributed by atoms with Gasteiger partial charge in [-0.05, 0) is 49.4 Å². The first-order valence-corrected chi connectivity index (χ1v) is 8.50. The fourth-order valence-electron chi connectivity index (χ4n) is 3.64. The second-order valence-corrected chi connectivity index (χ2v) is 6.60. The largest absolute Gasteiger partial charge is 0.379 e. The van der Waals surface area contributed by atoms with Crippen LogP contribution in [0, 0.1) is 5.92 Å². The Balaban J connectivity index is 0.00000176. The van der Waals surface area contributed by atoms with E-state index in [9.17, 15) is 0 Å². The standard InChI is InChI=1S/C17H25ClN2O.ClH/c18-14-6-4-13(5-7-14)8-9-19-16-3-1-2-15(16)17-12-21-11-10-20-17;/h4-7,15-17,19-20H,1-3,8-12H2;1H. The van der Waals surface area contributed by atoms with Gasteiger partial charge < -0.3 is 15.4 Å². The minimum atomic E-state index is 0. The van der Waals surface area contributed by atoms with Crippen molar-refractivity contribution in [1.82, 2.24) is 10.6 Å². The van der Waals surface area contributed by atoms with Crippen LogP contribution in [0.2, 0.25) is 5.02 Å². The Labute approximate surface area is 144 Å². The molecule has 124 valence electrons. The highest BCUT2D eigenvalue weighted by molar-refractivity contribution is 6.30. The maximum absolute atomic E-state index is 5.92. The highest BCUT2D eigenvalue weighted by Gasteiger charge is 2.34. The average Bonchev–Trinajstić information content (AvgIpc) is 2.99. The highest BCUT2D eigenvalue weighted by Crippen LogP contribution is 2.29. The lowest BCUT2D eigenvalue weighted by molar-refractivity contribution is 0.0526. The fraction of sp³-hybridized carbons (Fsp3) is 0.647. The van der Waals surface area contributed by atoms with Crippen LogP contribution in [0.4, 0.5) is 0 Å². The van der Waals surface area contributed by atoms with Crippen LogP contribution in [-0.2, 0) is 11.2 Å². The summed E-state index contributed by atoms with van der Waals surface area (Å²) in [7, 11) is 0. The molecule has 0 aromatic heterocycles. The Bertz CT molecular complexity index is 435. The Morgan fingerprint density at radius 2 is 2.05 bits per heavy atom. The molecule has 3 atom stereocenters. The van der Waals surface area contributed by atoms with Crippen molar-refractivity contribution >= 4 is 24.0 Å². The van der Waals surface area contributed by atoms with Crippen LogP contribution >= 0.6 is 24.0 Å². The molecular formula is C17H26Cl2N2O. The second-order valence-electron chi connectivity index (χ2n) is 6.17. The van der Waals surface area contributed by atoms with Crippen molar-refractivity contribution < 1.29 is 4.74 Å². The van der Waals surface area contributed by atoms with E-state index >= 15 is 0 Å². The van der Waals surface area contributed by atoms with Gasteiger partial charge in [0.25, 0.3) is 0 Å². The van der Waals surface area contributed by atoms with Crippen molar-refractivity contribution in [3.05, 3.63) is 34.9 Å². The third-order valence-corrected chi connectivity index (χ3v) is 5.02. The van der Waals surface area contributed by atoms with Gasteiger partial charge in [0.2, 0.25) is 0 Å². The van der Waals surface area contributed by atoms with E-state index in [4.69, 9.17) is 16.3 Å². The molecule has 1 saturated carbocycles. The van der Waals surface area contributed by atoms with Gasteiger partial charge in [-0.25, -0.2) is 0 Å². The van der Waals surface area contributed by atoms with E-state index in [1.807, 2.05) is 12.1 Å². The van der Waals surface area contributed by atoms with Crippen LogP contribution in [0.25, 0.3) is 0 Å². The molecule has 1 aliphatic carbocycles. The molecule has 0 bridgehead atoms. The van der Waals surface area contributed by atoms with Crippen LogP contribution in [0.3, 0.4) is 0 Å². The molecule has 1 saturated heterocycles. The Kier molecular flexibility index (Phi) is 7.45. The number of hydrogen-bond acceptors (Lipinski definition) is 3. The summed E-state index contributed by atoms with van der Waals surface area (Å²) in [5, 5.41) is 8.20. The van der Waals surface area contributed by atoms with Crippen LogP contribution in [-0.4, -0.2) is 38.4 Å². The first-order chi connectivity index (χ1) is 10.3. The molecule has 1 aliphatic heterocycles. The average molecular weight is 345 g/mol. The van der Waals surface area contributed by atoms with Crippen molar-refractivity contribution in [2.24, 2.45) is 5.92 Å². The molecule has 5 heteroatoms. The SMILES string of the molecule is Cl.Clc1ccc(CCNC2CCCC2C2COCCN2)cc1. The lowest BCUT2D eigenvalue weighted by Gasteiger charge is -2.33. The first-order valence-electron chi connectivity index (χ1n) is 8.12. The number of rotatable bonds is 5. The van der Waals surface area contributed by atoms with Gasteiger partial charge >= 0.3 is 0 Å². The van der Waals surface area contributed by atoms with Crippen molar-refractivity contribution in [2.75, 3.05) is 26.3 Å². The molecular weight excluding hydrogens is 319 g/mol. The summed E-state index contributed by atoms with van der Waals surface area (Å²) >= 11 is 5.92. The number of ether oxygens (including phenoxy) is 1. The minimum absolute atomic E-state index is 0. The Morgan fingerprint density at radius 1 is 1.23 bits per heavy atom. The third-order valence-electron chi connectivity index (χ3n) is 4.77. The monoisotopic (exact) mass is 344 g/mol. The van der Waals surface area contributed by atoms with Crippen molar-refractivity contribution in [2.45, 2.75) is 37.8 Å². The summed E-state index contributed by atoms with van der Waals surface area (Å²) in [5.41, 5.74) is 1.35. The topological polar surface area (TPSA) is 33.3 Å². The van der Waals surface area contributed by atoms with Gasteiger partial charge in [0.05, 0.1) is 13.2 Å². The highest BCUT2D eigenvalue weighted by atomic mass is 35.5. The lowest BCUT2D eigenvalue weighted by atomic mass is 9.94. The molecule has 3 nitrogen and oxygen atoms in total. The molecule has 22 heavy (non-hydrogen) atoms. The summed E-state index contributed by atoms with van der Waals surface area (Å²) in [4.78, 5) is 0. The van der Waals surface area contributed by atoms with E-state index in [1.165, 1.54) is 24.8 Å². The molecule has 1 aromatic rings. The molecule has 3 rings (SSSR count). The maximum Gasteiger partial charge on any atom is 0.0623 e. The summed E-state index contributed by atoms with van der Waals surface area (Å²) in [6.45, 7) is 3.77. The van der Waals surface area contributed by atoms with Crippen LogP contribution in [0.5, 0.6) is 0 Å². The molecule has 2 N–H and O–H groups in total.